The van der Waals surface area contributed by atoms with Crippen LogP contribution in [-0.2, 0) is 9.59 Å². The van der Waals surface area contributed by atoms with Crippen molar-refractivity contribution in [1.82, 2.24) is 9.88 Å². The van der Waals surface area contributed by atoms with Gasteiger partial charge in [-0.1, -0.05) is 18.2 Å². The van der Waals surface area contributed by atoms with Crippen molar-refractivity contribution in [1.29, 1.82) is 0 Å². The number of nitrogens with zero attached hydrogens (tertiary/aromatic N) is 2. The van der Waals surface area contributed by atoms with Crippen molar-refractivity contribution in [3.05, 3.63) is 47.1 Å². The molecule has 2 amide bonds. The molecule has 0 aromatic carbocycles. The summed E-state index contributed by atoms with van der Waals surface area (Å²) < 4.78 is 0.830. The molecule has 0 saturated heterocycles. The summed E-state index contributed by atoms with van der Waals surface area (Å²) in [4.78, 5) is 28.8. The van der Waals surface area contributed by atoms with Crippen molar-refractivity contribution in [2.24, 2.45) is 0 Å². The van der Waals surface area contributed by atoms with E-state index in [0.717, 1.165) is 4.47 Å². The SMILES string of the molecule is CC=CC=CC(=O)N(C)CC(=O)Nc1ccc(Br)cn1. The Labute approximate surface area is 126 Å². The van der Waals surface area contributed by atoms with Crippen molar-refractivity contribution >= 4 is 33.6 Å². The Morgan fingerprint density at radius 1 is 1.40 bits per heavy atom. The molecular weight excluding hydrogens is 322 g/mol. The van der Waals surface area contributed by atoms with Crippen LogP contribution in [0.25, 0.3) is 0 Å². The third-order valence-electron chi connectivity index (χ3n) is 2.29. The normalized spacial score (nSPS) is 10.9. The van der Waals surface area contributed by atoms with Crippen molar-refractivity contribution < 1.29 is 9.59 Å². The first kappa shape index (κ1) is 16.1. The number of pyridine rings is 1. The van der Waals surface area contributed by atoms with Gasteiger partial charge in [0.2, 0.25) is 11.8 Å². The van der Waals surface area contributed by atoms with Gasteiger partial charge in [0.05, 0.1) is 6.54 Å². The summed E-state index contributed by atoms with van der Waals surface area (Å²) in [5.41, 5.74) is 0. The number of nitrogens with one attached hydrogen (secondary N) is 1. The lowest BCUT2D eigenvalue weighted by Gasteiger charge is -2.14. The molecule has 5 nitrogen and oxygen atoms in total. The summed E-state index contributed by atoms with van der Waals surface area (Å²) in [7, 11) is 1.57. The largest absolute Gasteiger partial charge is 0.333 e. The van der Waals surface area contributed by atoms with Gasteiger partial charge in [-0.15, -0.1) is 0 Å². The molecule has 0 saturated carbocycles. The number of hydrogen-bond acceptors (Lipinski definition) is 3. The number of hydrogen-bond donors (Lipinski definition) is 1. The zero-order chi connectivity index (χ0) is 15.0. The Morgan fingerprint density at radius 3 is 2.75 bits per heavy atom. The fourth-order valence-corrected chi connectivity index (χ4v) is 1.54. The van der Waals surface area contributed by atoms with E-state index in [1.807, 2.05) is 13.0 Å². The standard InChI is InChI=1S/C14H16BrN3O2/c1-3-4-5-6-14(20)18(2)10-13(19)17-12-8-7-11(15)9-16-12/h3-9H,10H2,1-2H3,(H,16,17,19). The molecule has 1 aromatic rings. The van der Waals surface area contributed by atoms with E-state index in [9.17, 15) is 9.59 Å². The second-order valence-corrected chi connectivity index (χ2v) is 4.90. The molecule has 6 heteroatoms. The first-order valence-corrected chi connectivity index (χ1v) is 6.78. The van der Waals surface area contributed by atoms with Crippen LogP contribution in [0.1, 0.15) is 6.92 Å². The van der Waals surface area contributed by atoms with Gasteiger partial charge in [-0.25, -0.2) is 4.98 Å². The molecule has 0 radical (unpaired) electrons. The molecular formula is C14H16BrN3O2. The lowest BCUT2D eigenvalue weighted by atomic mass is 10.4. The van der Waals surface area contributed by atoms with E-state index in [-0.39, 0.29) is 18.4 Å². The molecule has 20 heavy (non-hydrogen) atoms. The molecule has 0 aliphatic rings. The fraction of sp³-hybridized carbons (Fsp3) is 0.214. The van der Waals surface area contributed by atoms with Crippen molar-refractivity contribution in [3.63, 3.8) is 0 Å². The van der Waals surface area contributed by atoms with Crippen LogP contribution in [0.15, 0.2) is 47.1 Å². The highest BCUT2D eigenvalue weighted by molar-refractivity contribution is 9.10. The van der Waals surface area contributed by atoms with Crippen LogP contribution in [0.2, 0.25) is 0 Å². The average Bonchev–Trinajstić information content (AvgIpc) is 2.41. The molecule has 0 spiro atoms. The maximum Gasteiger partial charge on any atom is 0.246 e. The smallest absolute Gasteiger partial charge is 0.246 e. The summed E-state index contributed by atoms with van der Waals surface area (Å²) >= 11 is 3.26. The van der Waals surface area contributed by atoms with Crippen LogP contribution in [-0.4, -0.2) is 35.3 Å². The number of anilines is 1. The molecule has 0 aliphatic carbocycles. The van der Waals surface area contributed by atoms with E-state index >= 15 is 0 Å². The van der Waals surface area contributed by atoms with Gasteiger partial charge in [0, 0.05) is 23.8 Å². The Balaban J connectivity index is 2.49. The Bertz CT molecular complexity index is 524. The maximum absolute atomic E-state index is 11.7. The zero-order valence-corrected chi connectivity index (χ0v) is 12.9. The average molecular weight is 338 g/mol. The molecule has 1 rings (SSSR count). The minimum absolute atomic E-state index is 0.0310. The van der Waals surface area contributed by atoms with Crippen LogP contribution in [0, 0.1) is 0 Å². The molecule has 0 fully saturated rings. The summed E-state index contributed by atoms with van der Waals surface area (Å²) in [6, 6.07) is 3.45. The van der Waals surface area contributed by atoms with Gasteiger partial charge >= 0.3 is 0 Å². The van der Waals surface area contributed by atoms with Crippen LogP contribution in [0.3, 0.4) is 0 Å². The molecule has 0 unspecified atom stereocenters. The molecule has 106 valence electrons. The predicted molar refractivity (Wildman–Crippen MR) is 82.2 cm³/mol. The number of halogens is 1. The van der Waals surface area contributed by atoms with E-state index in [0.29, 0.717) is 5.82 Å². The second kappa shape index (κ2) is 8.27. The first-order valence-electron chi connectivity index (χ1n) is 5.99. The number of amides is 2. The monoisotopic (exact) mass is 337 g/mol. The van der Waals surface area contributed by atoms with Crippen LogP contribution >= 0.6 is 15.9 Å². The van der Waals surface area contributed by atoms with E-state index in [1.54, 1.807) is 37.5 Å². The van der Waals surface area contributed by atoms with E-state index < -0.39 is 0 Å². The Hall–Kier alpha value is -1.95. The van der Waals surface area contributed by atoms with Gasteiger partial charge in [-0.05, 0) is 35.0 Å². The number of rotatable bonds is 5. The molecule has 1 N–H and O–H groups in total. The van der Waals surface area contributed by atoms with E-state index in [1.165, 1.54) is 11.0 Å². The van der Waals surface area contributed by atoms with E-state index in [4.69, 9.17) is 0 Å². The third-order valence-corrected chi connectivity index (χ3v) is 2.76. The lowest BCUT2D eigenvalue weighted by Crippen LogP contribution is -2.34. The number of allylic oxidation sites excluding steroid dienone is 3. The Kier molecular flexibility index (Phi) is 6.66. The summed E-state index contributed by atoms with van der Waals surface area (Å²) in [6.45, 7) is 1.83. The molecule has 1 aromatic heterocycles. The molecule has 1 heterocycles. The van der Waals surface area contributed by atoms with Gasteiger partial charge in [-0.3, -0.25) is 9.59 Å². The lowest BCUT2D eigenvalue weighted by molar-refractivity contribution is -0.129. The van der Waals surface area contributed by atoms with Crippen molar-refractivity contribution in [2.75, 3.05) is 18.9 Å². The Morgan fingerprint density at radius 2 is 2.15 bits per heavy atom. The predicted octanol–water partition coefficient (Wildman–Crippen LogP) is 2.37. The maximum atomic E-state index is 11.7. The topological polar surface area (TPSA) is 62.3 Å². The minimum atomic E-state index is -0.296. The molecule has 0 atom stereocenters. The summed E-state index contributed by atoms with van der Waals surface area (Å²) in [6.07, 6.45) is 8.19. The van der Waals surface area contributed by atoms with Gasteiger partial charge in [0.1, 0.15) is 5.82 Å². The third kappa shape index (κ3) is 5.79. The van der Waals surface area contributed by atoms with Crippen LogP contribution in [0.5, 0.6) is 0 Å². The highest BCUT2D eigenvalue weighted by Gasteiger charge is 2.10. The number of aromatic nitrogens is 1. The number of likely N-dealkylation sites (N-methyl/N-ethyl adjacent to an activating group) is 1. The fourth-order valence-electron chi connectivity index (χ4n) is 1.30. The number of carbonyl (C=O) groups is 2. The first-order chi connectivity index (χ1) is 9.52. The minimum Gasteiger partial charge on any atom is -0.333 e. The van der Waals surface area contributed by atoms with Crippen LogP contribution in [0.4, 0.5) is 5.82 Å². The summed E-state index contributed by atoms with van der Waals surface area (Å²) in [5.74, 6) is -0.0828. The van der Waals surface area contributed by atoms with Gasteiger partial charge < -0.3 is 10.2 Å². The van der Waals surface area contributed by atoms with Crippen molar-refractivity contribution in [2.45, 2.75) is 6.92 Å². The van der Waals surface area contributed by atoms with E-state index in [2.05, 4.69) is 26.2 Å². The number of carbonyl (C=O) groups excluding carboxylic acids is 2. The van der Waals surface area contributed by atoms with Gasteiger partial charge in [0.25, 0.3) is 0 Å². The molecule has 0 bridgehead atoms. The van der Waals surface area contributed by atoms with Crippen molar-refractivity contribution in [3.8, 4) is 0 Å². The van der Waals surface area contributed by atoms with Crippen LogP contribution < -0.4 is 5.32 Å². The molecule has 0 aliphatic heterocycles. The van der Waals surface area contributed by atoms with Gasteiger partial charge in [-0.2, -0.15) is 0 Å². The summed E-state index contributed by atoms with van der Waals surface area (Å²) in [5, 5.41) is 2.62. The highest BCUT2D eigenvalue weighted by atomic mass is 79.9. The van der Waals surface area contributed by atoms with Gasteiger partial charge in [0.15, 0.2) is 0 Å². The quantitative estimate of drug-likeness (QED) is 0.662. The highest BCUT2D eigenvalue weighted by Crippen LogP contribution is 2.10. The zero-order valence-electron chi connectivity index (χ0n) is 11.3. The second-order valence-electron chi connectivity index (χ2n) is 3.99.